The van der Waals surface area contributed by atoms with Crippen molar-refractivity contribution in [2.45, 2.75) is 19.5 Å². The zero-order valence-electron chi connectivity index (χ0n) is 9.70. The number of benzene rings is 1. The second kappa shape index (κ2) is 4.76. The molecule has 2 nitrogen and oxygen atoms in total. The van der Waals surface area contributed by atoms with E-state index >= 15 is 0 Å². The summed E-state index contributed by atoms with van der Waals surface area (Å²) in [5, 5.41) is 0. The minimum atomic E-state index is -4.31. The standard InChI is InChI=1S/C13H11F3N2/c1-2-11-7-8-17-12(18-11)9-3-5-10(6-4-9)13(14,15)16/h3-8H,2H2,1H3. The molecule has 0 unspecified atom stereocenters. The molecule has 0 saturated carbocycles. The van der Waals surface area contributed by atoms with Gasteiger partial charge in [0.2, 0.25) is 0 Å². The molecule has 0 aliphatic carbocycles. The summed E-state index contributed by atoms with van der Waals surface area (Å²) in [6.07, 6.45) is -1.94. The first kappa shape index (κ1) is 12.5. The van der Waals surface area contributed by atoms with E-state index in [-0.39, 0.29) is 0 Å². The maximum absolute atomic E-state index is 12.4. The molecule has 1 aromatic heterocycles. The largest absolute Gasteiger partial charge is 0.416 e. The van der Waals surface area contributed by atoms with Crippen LogP contribution >= 0.6 is 0 Å². The van der Waals surface area contributed by atoms with Gasteiger partial charge in [0.25, 0.3) is 0 Å². The minimum Gasteiger partial charge on any atom is -0.237 e. The SMILES string of the molecule is CCc1ccnc(-c2ccc(C(F)(F)F)cc2)n1. The molecule has 0 fully saturated rings. The van der Waals surface area contributed by atoms with E-state index in [9.17, 15) is 13.2 Å². The fourth-order valence-electron chi connectivity index (χ4n) is 1.54. The van der Waals surface area contributed by atoms with Crippen molar-refractivity contribution in [2.75, 3.05) is 0 Å². The van der Waals surface area contributed by atoms with Crippen molar-refractivity contribution in [2.24, 2.45) is 0 Å². The van der Waals surface area contributed by atoms with Crippen molar-refractivity contribution in [3.05, 3.63) is 47.8 Å². The Bertz CT molecular complexity index is 533. The first-order chi connectivity index (χ1) is 8.50. The Labute approximate surface area is 103 Å². The molecule has 94 valence electrons. The van der Waals surface area contributed by atoms with Crippen LogP contribution in [0.5, 0.6) is 0 Å². The lowest BCUT2D eigenvalue weighted by Gasteiger charge is -2.07. The Kier molecular flexibility index (Phi) is 3.32. The summed E-state index contributed by atoms with van der Waals surface area (Å²) in [6.45, 7) is 1.96. The predicted octanol–water partition coefficient (Wildman–Crippen LogP) is 3.72. The number of nitrogens with zero attached hydrogens (tertiary/aromatic N) is 2. The van der Waals surface area contributed by atoms with Crippen LogP contribution in [0.25, 0.3) is 11.4 Å². The van der Waals surface area contributed by atoms with Crippen molar-refractivity contribution in [1.29, 1.82) is 0 Å². The van der Waals surface area contributed by atoms with E-state index in [1.807, 2.05) is 6.92 Å². The Balaban J connectivity index is 2.34. The number of rotatable bonds is 2. The average Bonchev–Trinajstić information content (AvgIpc) is 2.38. The van der Waals surface area contributed by atoms with E-state index < -0.39 is 11.7 Å². The number of aromatic nitrogens is 2. The van der Waals surface area contributed by atoms with Gasteiger partial charge in [-0.25, -0.2) is 9.97 Å². The number of hydrogen-bond acceptors (Lipinski definition) is 2. The number of alkyl halides is 3. The highest BCUT2D eigenvalue weighted by molar-refractivity contribution is 5.55. The van der Waals surface area contributed by atoms with E-state index in [1.165, 1.54) is 12.1 Å². The Morgan fingerprint density at radius 2 is 1.72 bits per heavy atom. The molecule has 0 atom stereocenters. The molecule has 1 aromatic carbocycles. The molecule has 0 bridgehead atoms. The Morgan fingerprint density at radius 3 is 2.28 bits per heavy atom. The van der Waals surface area contributed by atoms with Crippen molar-refractivity contribution in [3.63, 3.8) is 0 Å². The topological polar surface area (TPSA) is 25.8 Å². The molecule has 0 radical (unpaired) electrons. The zero-order chi connectivity index (χ0) is 13.2. The van der Waals surface area contributed by atoms with Crippen LogP contribution in [0.2, 0.25) is 0 Å². The quantitative estimate of drug-likeness (QED) is 0.814. The van der Waals surface area contributed by atoms with Gasteiger partial charge >= 0.3 is 6.18 Å². The second-order valence-electron chi connectivity index (χ2n) is 3.80. The number of aryl methyl sites for hydroxylation is 1. The van der Waals surface area contributed by atoms with Gasteiger partial charge in [-0.15, -0.1) is 0 Å². The molecule has 0 spiro atoms. The zero-order valence-corrected chi connectivity index (χ0v) is 9.70. The molecule has 0 aliphatic heterocycles. The highest BCUT2D eigenvalue weighted by atomic mass is 19.4. The van der Waals surface area contributed by atoms with Crippen LogP contribution in [0.1, 0.15) is 18.2 Å². The van der Waals surface area contributed by atoms with Crippen LogP contribution < -0.4 is 0 Å². The number of halogens is 3. The van der Waals surface area contributed by atoms with Gasteiger partial charge in [-0.1, -0.05) is 19.1 Å². The van der Waals surface area contributed by atoms with Crippen molar-refractivity contribution in [1.82, 2.24) is 9.97 Å². The second-order valence-corrected chi connectivity index (χ2v) is 3.80. The summed E-state index contributed by atoms with van der Waals surface area (Å²) in [6, 6.07) is 6.64. The summed E-state index contributed by atoms with van der Waals surface area (Å²) in [5.41, 5.74) is 0.774. The van der Waals surface area contributed by atoms with Crippen molar-refractivity contribution in [3.8, 4) is 11.4 Å². The normalized spacial score (nSPS) is 11.6. The lowest BCUT2D eigenvalue weighted by atomic mass is 10.1. The molecule has 2 rings (SSSR count). The fraction of sp³-hybridized carbons (Fsp3) is 0.231. The van der Waals surface area contributed by atoms with Crippen LogP contribution in [0.3, 0.4) is 0 Å². The molecule has 0 N–H and O–H groups in total. The van der Waals surface area contributed by atoms with E-state index in [4.69, 9.17) is 0 Å². The van der Waals surface area contributed by atoms with Gasteiger partial charge < -0.3 is 0 Å². The third-order valence-corrected chi connectivity index (χ3v) is 2.55. The first-order valence-electron chi connectivity index (χ1n) is 5.50. The van der Waals surface area contributed by atoms with Crippen LogP contribution in [-0.4, -0.2) is 9.97 Å². The molecular weight excluding hydrogens is 241 g/mol. The molecule has 2 aromatic rings. The van der Waals surface area contributed by atoms with Crippen LogP contribution in [0.4, 0.5) is 13.2 Å². The molecule has 18 heavy (non-hydrogen) atoms. The lowest BCUT2D eigenvalue weighted by molar-refractivity contribution is -0.137. The Morgan fingerprint density at radius 1 is 1.06 bits per heavy atom. The highest BCUT2D eigenvalue weighted by Crippen LogP contribution is 2.30. The van der Waals surface area contributed by atoms with E-state index in [2.05, 4.69) is 9.97 Å². The van der Waals surface area contributed by atoms with Gasteiger partial charge in [-0.3, -0.25) is 0 Å². The summed E-state index contributed by atoms with van der Waals surface area (Å²) in [5.74, 6) is 0.447. The van der Waals surface area contributed by atoms with Gasteiger partial charge in [0.05, 0.1) is 5.56 Å². The monoisotopic (exact) mass is 252 g/mol. The van der Waals surface area contributed by atoms with Crippen molar-refractivity contribution >= 4 is 0 Å². The van der Waals surface area contributed by atoms with Crippen molar-refractivity contribution < 1.29 is 13.2 Å². The molecule has 5 heteroatoms. The van der Waals surface area contributed by atoms with E-state index in [0.717, 1.165) is 24.2 Å². The summed E-state index contributed by atoms with van der Waals surface area (Å²) >= 11 is 0. The molecule has 0 saturated heterocycles. The maximum atomic E-state index is 12.4. The van der Waals surface area contributed by atoms with Crippen LogP contribution in [0.15, 0.2) is 36.5 Å². The average molecular weight is 252 g/mol. The van der Waals surface area contributed by atoms with Gasteiger partial charge in [0.15, 0.2) is 5.82 Å². The third kappa shape index (κ3) is 2.67. The third-order valence-electron chi connectivity index (χ3n) is 2.55. The molecule has 0 amide bonds. The lowest BCUT2D eigenvalue weighted by Crippen LogP contribution is -2.04. The summed E-state index contributed by atoms with van der Waals surface area (Å²) in [7, 11) is 0. The van der Waals surface area contributed by atoms with Crippen LogP contribution in [-0.2, 0) is 12.6 Å². The van der Waals surface area contributed by atoms with Crippen LogP contribution in [0, 0.1) is 0 Å². The number of hydrogen-bond donors (Lipinski definition) is 0. The maximum Gasteiger partial charge on any atom is 0.416 e. The first-order valence-corrected chi connectivity index (χ1v) is 5.50. The molecule has 1 heterocycles. The highest BCUT2D eigenvalue weighted by Gasteiger charge is 2.30. The van der Waals surface area contributed by atoms with Gasteiger partial charge in [-0.2, -0.15) is 13.2 Å². The smallest absolute Gasteiger partial charge is 0.237 e. The Hall–Kier alpha value is -1.91. The van der Waals surface area contributed by atoms with E-state index in [0.29, 0.717) is 11.4 Å². The molecule has 0 aliphatic rings. The summed E-state index contributed by atoms with van der Waals surface area (Å²) in [4.78, 5) is 8.32. The van der Waals surface area contributed by atoms with Gasteiger partial charge in [0.1, 0.15) is 0 Å². The van der Waals surface area contributed by atoms with Gasteiger partial charge in [0, 0.05) is 17.5 Å². The van der Waals surface area contributed by atoms with Gasteiger partial charge in [-0.05, 0) is 24.6 Å². The fourth-order valence-corrected chi connectivity index (χ4v) is 1.54. The summed E-state index contributed by atoms with van der Waals surface area (Å²) < 4.78 is 37.2. The molecular formula is C13H11F3N2. The van der Waals surface area contributed by atoms with E-state index in [1.54, 1.807) is 12.3 Å². The predicted molar refractivity (Wildman–Crippen MR) is 61.8 cm³/mol. The minimum absolute atomic E-state index is 0.447.